The first-order valence-electron chi connectivity index (χ1n) is 7.94. The lowest BCUT2D eigenvalue weighted by molar-refractivity contribution is 0.133. The monoisotopic (exact) mass is 294 g/mol. The predicted molar refractivity (Wildman–Crippen MR) is 85.7 cm³/mol. The molecule has 0 aromatic carbocycles. The Morgan fingerprint density at radius 1 is 1.30 bits per heavy atom. The molecule has 2 aliphatic heterocycles. The van der Waals surface area contributed by atoms with Crippen LogP contribution in [-0.2, 0) is 13.0 Å². The highest BCUT2D eigenvalue weighted by molar-refractivity contribution is 7.15. The second kappa shape index (κ2) is 6.41. The van der Waals surface area contributed by atoms with Gasteiger partial charge in [-0.1, -0.05) is 13.3 Å². The summed E-state index contributed by atoms with van der Waals surface area (Å²) in [6.45, 7) is 8.00. The maximum Gasteiger partial charge on any atom is 0.185 e. The summed E-state index contributed by atoms with van der Waals surface area (Å²) in [5.41, 5.74) is 1.28. The van der Waals surface area contributed by atoms with Gasteiger partial charge in [0.25, 0.3) is 0 Å². The van der Waals surface area contributed by atoms with E-state index in [4.69, 9.17) is 4.98 Å². The van der Waals surface area contributed by atoms with E-state index in [1.165, 1.54) is 54.6 Å². The molecule has 1 aromatic heterocycles. The molecule has 1 unspecified atom stereocenters. The van der Waals surface area contributed by atoms with Crippen LogP contribution in [0.4, 0.5) is 5.13 Å². The molecule has 0 bridgehead atoms. The Bertz CT molecular complexity index is 445. The Kier molecular flexibility index (Phi) is 4.58. The lowest BCUT2D eigenvalue weighted by atomic mass is 10.00. The lowest BCUT2D eigenvalue weighted by Gasteiger charge is -2.44. The molecule has 2 saturated heterocycles. The molecule has 0 aliphatic carbocycles. The predicted octanol–water partition coefficient (Wildman–Crippen LogP) is 2.10. The van der Waals surface area contributed by atoms with Gasteiger partial charge in [0.2, 0.25) is 0 Å². The molecule has 4 nitrogen and oxygen atoms in total. The van der Waals surface area contributed by atoms with E-state index in [1.807, 2.05) is 18.4 Å². The number of hydrogen-bond acceptors (Lipinski definition) is 5. The highest BCUT2D eigenvalue weighted by Crippen LogP contribution is 2.30. The van der Waals surface area contributed by atoms with E-state index < -0.39 is 0 Å². The molecule has 1 N–H and O–H groups in total. The average Bonchev–Trinajstić information content (AvgIpc) is 2.90. The van der Waals surface area contributed by atoms with Crippen molar-refractivity contribution >= 4 is 16.5 Å². The Labute approximate surface area is 126 Å². The normalized spacial score (nSPS) is 23.9. The van der Waals surface area contributed by atoms with Crippen molar-refractivity contribution in [3.63, 3.8) is 0 Å². The maximum absolute atomic E-state index is 4.89. The third-order valence-corrected chi connectivity index (χ3v) is 5.71. The summed E-state index contributed by atoms with van der Waals surface area (Å²) in [7, 11) is 2.01. The molecular weight excluding hydrogens is 268 g/mol. The summed E-state index contributed by atoms with van der Waals surface area (Å²) in [6, 6.07) is 0.763. The van der Waals surface area contributed by atoms with Gasteiger partial charge in [0.05, 0.1) is 5.69 Å². The zero-order valence-corrected chi connectivity index (χ0v) is 13.5. The second-order valence-corrected chi connectivity index (χ2v) is 6.94. The van der Waals surface area contributed by atoms with Gasteiger partial charge in [-0.05, 0) is 32.9 Å². The molecule has 2 aliphatic rings. The van der Waals surface area contributed by atoms with Crippen LogP contribution in [0.25, 0.3) is 0 Å². The standard InChI is InChI=1S/C15H26N4S/c1-3-13-14(10-16-2)20-15(17-13)19-9-8-18-7-5-4-6-12(18)11-19/h12,16H,3-11H2,1-2H3. The van der Waals surface area contributed by atoms with E-state index >= 15 is 0 Å². The molecule has 0 radical (unpaired) electrons. The number of fused-ring (bicyclic) bond motifs is 1. The van der Waals surface area contributed by atoms with Gasteiger partial charge in [0.1, 0.15) is 0 Å². The van der Waals surface area contributed by atoms with E-state index in [1.54, 1.807) is 0 Å². The van der Waals surface area contributed by atoms with Crippen LogP contribution in [0.2, 0.25) is 0 Å². The largest absolute Gasteiger partial charge is 0.345 e. The van der Waals surface area contributed by atoms with Crippen molar-refractivity contribution < 1.29 is 0 Å². The lowest BCUT2D eigenvalue weighted by Crippen LogP contribution is -2.54. The van der Waals surface area contributed by atoms with Gasteiger partial charge in [-0.15, -0.1) is 11.3 Å². The van der Waals surface area contributed by atoms with Gasteiger partial charge in [-0.25, -0.2) is 4.98 Å². The minimum Gasteiger partial charge on any atom is -0.345 e. The topological polar surface area (TPSA) is 31.4 Å². The van der Waals surface area contributed by atoms with Crippen LogP contribution in [0.1, 0.15) is 36.8 Å². The smallest absolute Gasteiger partial charge is 0.185 e. The molecule has 0 spiro atoms. The minimum absolute atomic E-state index is 0.763. The number of piperazine rings is 1. The molecule has 1 atom stereocenters. The Morgan fingerprint density at radius 2 is 2.20 bits per heavy atom. The zero-order valence-electron chi connectivity index (χ0n) is 12.7. The fraction of sp³-hybridized carbons (Fsp3) is 0.800. The van der Waals surface area contributed by atoms with Crippen molar-refractivity contribution in [2.45, 2.75) is 45.2 Å². The van der Waals surface area contributed by atoms with E-state index in [9.17, 15) is 0 Å². The van der Waals surface area contributed by atoms with E-state index in [0.717, 1.165) is 25.6 Å². The number of nitrogens with zero attached hydrogens (tertiary/aromatic N) is 3. The Morgan fingerprint density at radius 3 is 3.00 bits per heavy atom. The van der Waals surface area contributed by atoms with Crippen LogP contribution in [-0.4, -0.2) is 49.2 Å². The first-order chi connectivity index (χ1) is 9.81. The average molecular weight is 294 g/mol. The van der Waals surface area contributed by atoms with Crippen molar-refractivity contribution in [2.24, 2.45) is 0 Å². The molecule has 3 rings (SSSR count). The Balaban J connectivity index is 1.72. The van der Waals surface area contributed by atoms with Crippen molar-refractivity contribution in [3.8, 4) is 0 Å². The highest BCUT2D eigenvalue weighted by atomic mass is 32.1. The molecule has 0 saturated carbocycles. The van der Waals surface area contributed by atoms with Crippen LogP contribution in [0.5, 0.6) is 0 Å². The van der Waals surface area contributed by atoms with Gasteiger partial charge in [0.15, 0.2) is 5.13 Å². The number of rotatable bonds is 4. The number of thiazole rings is 1. The molecule has 1 aromatic rings. The number of nitrogens with one attached hydrogen (secondary N) is 1. The number of aromatic nitrogens is 1. The fourth-order valence-corrected chi connectivity index (χ4v) is 4.61. The summed E-state index contributed by atoms with van der Waals surface area (Å²) in [5.74, 6) is 0. The van der Waals surface area contributed by atoms with Gasteiger partial charge < -0.3 is 10.2 Å². The zero-order chi connectivity index (χ0) is 13.9. The van der Waals surface area contributed by atoms with Crippen molar-refractivity contribution in [1.29, 1.82) is 0 Å². The Hall–Kier alpha value is -0.650. The van der Waals surface area contributed by atoms with Gasteiger partial charge in [0, 0.05) is 37.1 Å². The van der Waals surface area contributed by atoms with Gasteiger partial charge in [-0.3, -0.25) is 4.90 Å². The number of aryl methyl sites for hydroxylation is 1. The highest BCUT2D eigenvalue weighted by Gasteiger charge is 2.30. The first kappa shape index (κ1) is 14.3. The molecular formula is C15H26N4S. The minimum atomic E-state index is 0.763. The molecule has 112 valence electrons. The summed E-state index contributed by atoms with van der Waals surface area (Å²) in [5, 5.41) is 4.51. The third kappa shape index (κ3) is 2.85. The fourth-order valence-electron chi connectivity index (χ4n) is 3.41. The molecule has 5 heteroatoms. The van der Waals surface area contributed by atoms with E-state index in [-0.39, 0.29) is 0 Å². The quantitative estimate of drug-likeness (QED) is 0.921. The summed E-state index contributed by atoms with van der Waals surface area (Å²) >= 11 is 1.89. The van der Waals surface area contributed by atoms with Crippen molar-refractivity contribution in [3.05, 3.63) is 10.6 Å². The summed E-state index contributed by atoms with van der Waals surface area (Å²) in [4.78, 5) is 11.5. The van der Waals surface area contributed by atoms with Gasteiger partial charge in [-0.2, -0.15) is 0 Å². The van der Waals surface area contributed by atoms with E-state index in [2.05, 4.69) is 22.0 Å². The maximum atomic E-state index is 4.89. The van der Waals surface area contributed by atoms with Crippen LogP contribution in [0.15, 0.2) is 0 Å². The van der Waals surface area contributed by atoms with Crippen LogP contribution < -0.4 is 10.2 Å². The van der Waals surface area contributed by atoms with Crippen LogP contribution >= 0.6 is 11.3 Å². The van der Waals surface area contributed by atoms with E-state index in [0.29, 0.717) is 0 Å². The third-order valence-electron chi connectivity index (χ3n) is 4.55. The summed E-state index contributed by atoms with van der Waals surface area (Å²) in [6.07, 6.45) is 5.20. The second-order valence-electron chi connectivity index (χ2n) is 5.88. The SMILES string of the molecule is CCc1nc(N2CCN3CCCCC3C2)sc1CNC. The van der Waals surface area contributed by atoms with Crippen LogP contribution in [0, 0.1) is 0 Å². The molecule has 3 heterocycles. The number of anilines is 1. The number of piperidine rings is 1. The van der Waals surface area contributed by atoms with Gasteiger partial charge >= 0.3 is 0 Å². The van der Waals surface area contributed by atoms with Crippen LogP contribution in [0.3, 0.4) is 0 Å². The number of hydrogen-bond donors (Lipinski definition) is 1. The molecule has 2 fully saturated rings. The first-order valence-corrected chi connectivity index (χ1v) is 8.75. The molecule has 20 heavy (non-hydrogen) atoms. The van der Waals surface area contributed by atoms with Crippen molar-refractivity contribution in [1.82, 2.24) is 15.2 Å². The van der Waals surface area contributed by atoms with Crippen molar-refractivity contribution in [2.75, 3.05) is 38.1 Å². The molecule has 0 amide bonds. The summed E-state index contributed by atoms with van der Waals surface area (Å²) < 4.78 is 0.